The first-order valence-electron chi connectivity index (χ1n) is 5.42. The van der Waals surface area contributed by atoms with Crippen molar-refractivity contribution in [2.45, 2.75) is 37.6 Å². The van der Waals surface area contributed by atoms with E-state index in [-0.39, 0.29) is 5.82 Å². The monoisotopic (exact) mass is 259 g/mol. The van der Waals surface area contributed by atoms with Crippen molar-refractivity contribution in [2.24, 2.45) is 0 Å². The van der Waals surface area contributed by atoms with Crippen LogP contribution in [0.5, 0.6) is 0 Å². The van der Waals surface area contributed by atoms with E-state index in [2.05, 4.69) is 4.98 Å². The Morgan fingerprint density at radius 3 is 2.83 bits per heavy atom. The number of nitrogens with zero attached hydrogens (tertiary/aromatic N) is 2. The number of nitrogens with two attached hydrogens (primary N) is 1. The van der Waals surface area contributed by atoms with Gasteiger partial charge in [0.1, 0.15) is 18.0 Å². The van der Waals surface area contributed by atoms with Gasteiger partial charge < -0.3 is 20.7 Å². The normalized spacial score (nSPS) is 33.6. The quantitative estimate of drug-likeness (QED) is 0.615. The minimum absolute atomic E-state index is 0.0114. The average Bonchev–Trinajstić information content (AvgIpc) is 2.57. The Bertz CT molecular complexity index is 492. The molecule has 0 spiro atoms. The van der Waals surface area contributed by atoms with Gasteiger partial charge in [-0.15, -0.1) is 0 Å². The van der Waals surface area contributed by atoms with Gasteiger partial charge in [-0.05, 0) is 13.0 Å². The smallest absolute Gasteiger partial charge is 0.351 e. The minimum Gasteiger partial charge on any atom is -0.391 e. The van der Waals surface area contributed by atoms with Crippen molar-refractivity contribution in [1.29, 1.82) is 0 Å². The van der Waals surface area contributed by atoms with E-state index in [9.17, 15) is 19.4 Å². The first kappa shape index (κ1) is 12.9. The van der Waals surface area contributed by atoms with Gasteiger partial charge in [-0.1, -0.05) is 0 Å². The maximum Gasteiger partial charge on any atom is 0.351 e. The lowest BCUT2D eigenvalue weighted by Gasteiger charge is -2.17. The number of aromatic nitrogens is 2. The summed E-state index contributed by atoms with van der Waals surface area (Å²) in [5, 5.41) is 18.9. The SMILES string of the molecule is C[C@H](O)[C@H]1O[C@@H](n2ccc(N)nc2=O)C(F)C1O. The molecule has 18 heavy (non-hydrogen) atoms. The average molecular weight is 259 g/mol. The third-order valence-corrected chi connectivity index (χ3v) is 2.83. The second kappa shape index (κ2) is 4.63. The summed E-state index contributed by atoms with van der Waals surface area (Å²) >= 11 is 0. The zero-order valence-corrected chi connectivity index (χ0v) is 9.60. The number of aliphatic hydroxyl groups excluding tert-OH is 2. The minimum atomic E-state index is -1.83. The molecule has 0 aliphatic carbocycles. The fourth-order valence-electron chi connectivity index (χ4n) is 1.90. The summed E-state index contributed by atoms with van der Waals surface area (Å²) in [5.41, 5.74) is 4.54. The molecule has 8 heteroatoms. The first-order chi connectivity index (χ1) is 8.41. The summed E-state index contributed by atoms with van der Waals surface area (Å²) in [6.45, 7) is 1.37. The van der Waals surface area contributed by atoms with Crippen LogP contribution in [-0.4, -0.2) is 44.2 Å². The molecule has 100 valence electrons. The standard InChI is InChI=1S/C10H14FN3O4/c1-4(15)8-7(16)6(11)9(18-8)14-3-2-5(12)13-10(14)17/h2-4,6-9,15-16H,1H3,(H2,12,13,17)/t4-,6?,7?,8+,9+/m0/s1. The number of anilines is 1. The molecule has 1 fully saturated rings. The van der Waals surface area contributed by atoms with Crippen molar-refractivity contribution < 1.29 is 19.3 Å². The molecule has 0 radical (unpaired) electrons. The lowest BCUT2D eigenvalue weighted by Crippen LogP contribution is -2.36. The molecular formula is C10H14FN3O4. The van der Waals surface area contributed by atoms with Gasteiger partial charge in [0, 0.05) is 6.20 Å². The highest BCUT2D eigenvalue weighted by molar-refractivity contribution is 5.23. The van der Waals surface area contributed by atoms with Gasteiger partial charge in [0.2, 0.25) is 0 Å². The van der Waals surface area contributed by atoms with E-state index in [0.29, 0.717) is 0 Å². The van der Waals surface area contributed by atoms with Crippen LogP contribution in [0.3, 0.4) is 0 Å². The summed E-state index contributed by atoms with van der Waals surface area (Å²) < 4.78 is 19.9. The van der Waals surface area contributed by atoms with Crippen molar-refractivity contribution in [3.8, 4) is 0 Å². The summed E-state index contributed by atoms with van der Waals surface area (Å²) in [5.74, 6) is 0.0114. The number of nitrogen functional groups attached to an aromatic ring is 1. The van der Waals surface area contributed by atoms with E-state index >= 15 is 0 Å². The zero-order chi connectivity index (χ0) is 13.4. The van der Waals surface area contributed by atoms with E-state index in [0.717, 1.165) is 4.57 Å². The molecule has 4 N–H and O–H groups in total. The topological polar surface area (TPSA) is 111 Å². The third-order valence-electron chi connectivity index (χ3n) is 2.83. The van der Waals surface area contributed by atoms with E-state index in [1.54, 1.807) is 0 Å². The number of aliphatic hydroxyl groups is 2. The Hall–Kier alpha value is -1.51. The molecule has 1 saturated heterocycles. The van der Waals surface area contributed by atoms with E-state index in [1.807, 2.05) is 0 Å². The molecule has 1 aliphatic rings. The van der Waals surface area contributed by atoms with E-state index in [4.69, 9.17) is 10.5 Å². The highest BCUT2D eigenvalue weighted by Crippen LogP contribution is 2.32. The second-order valence-electron chi connectivity index (χ2n) is 4.21. The fraction of sp³-hybridized carbons (Fsp3) is 0.600. The molecule has 7 nitrogen and oxygen atoms in total. The highest BCUT2D eigenvalue weighted by Gasteiger charge is 2.47. The van der Waals surface area contributed by atoms with Crippen LogP contribution in [0.1, 0.15) is 13.2 Å². The first-order valence-corrected chi connectivity index (χ1v) is 5.42. The molecule has 1 aromatic rings. The molecule has 0 saturated carbocycles. The molecule has 5 atom stereocenters. The van der Waals surface area contributed by atoms with Crippen LogP contribution in [0.2, 0.25) is 0 Å². The molecule has 0 amide bonds. The Morgan fingerprint density at radius 1 is 1.67 bits per heavy atom. The summed E-state index contributed by atoms with van der Waals surface area (Å²) in [4.78, 5) is 15.0. The number of halogens is 1. The highest BCUT2D eigenvalue weighted by atomic mass is 19.1. The largest absolute Gasteiger partial charge is 0.391 e. The number of hydrogen-bond donors (Lipinski definition) is 3. The predicted molar refractivity (Wildman–Crippen MR) is 59.4 cm³/mol. The maximum absolute atomic E-state index is 13.9. The van der Waals surface area contributed by atoms with Crippen LogP contribution >= 0.6 is 0 Å². The lowest BCUT2D eigenvalue weighted by atomic mass is 10.1. The molecule has 2 unspecified atom stereocenters. The van der Waals surface area contributed by atoms with Gasteiger partial charge in [-0.3, -0.25) is 4.57 Å². The van der Waals surface area contributed by atoms with Crippen LogP contribution in [0.4, 0.5) is 10.2 Å². The van der Waals surface area contributed by atoms with Gasteiger partial charge in [0.05, 0.1) is 6.10 Å². The molecule has 0 bridgehead atoms. The molecule has 1 aromatic heterocycles. The fourth-order valence-corrected chi connectivity index (χ4v) is 1.90. The Labute approximate surface area is 102 Å². The van der Waals surface area contributed by atoms with Crippen molar-refractivity contribution in [1.82, 2.24) is 9.55 Å². The molecule has 1 aliphatic heterocycles. The summed E-state index contributed by atoms with van der Waals surface area (Å²) in [6.07, 6.45) is -5.55. The van der Waals surface area contributed by atoms with Crippen molar-refractivity contribution in [3.63, 3.8) is 0 Å². The van der Waals surface area contributed by atoms with Gasteiger partial charge in [-0.25, -0.2) is 9.18 Å². The van der Waals surface area contributed by atoms with E-state index in [1.165, 1.54) is 19.2 Å². The molecular weight excluding hydrogens is 245 g/mol. The zero-order valence-electron chi connectivity index (χ0n) is 9.60. The van der Waals surface area contributed by atoms with Crippen LogP contribution in [0.25, 0.3) is 0 Å². The molecule has 0 aromatic carbocycles. The van der Waals surface area contributed by atoms with Gasteiger partial charge in [0.15, 0.2) is 12.4 Å². The van der Waals surface area contributed by atoms with Crippen LogP contribution < -0.4 is 11.4 Å². The Morgan fingerprint density at radius 2 is 2.33 bits per heavy atom. The van der Waals surface area contributed by atoms with Gasteiger partial charge >= 0.3 is 5.69 Å². The number of ether oxygens (including phenoxy) is 1. The third kappa shape index (κ3) is 2.09. The number of rotatable bonds is 2. The van der Waals surface area contributed by atoms with Crippen LogP contribution in [0.15, 0.2) is 17.1 Å². The van der Waals surface area contributed by atoms with Crippen LogP contribution in [0, 0.1) is 0 Å². The maximum atomic E-state index is 13.9. The van der Waals surface area contributed by atoms with E-state index < -0.39 is 36.4 Å². The predicted octanol–water partition coefficient (Wildman–Crippen LogP) is -1.20. The summed E-state index contributed by atoms with van der Waals surface area (Å²) in [7, 11) is 0. The lowest BCUT2D eigenvalue weighted by molar-refractivity contribution is -0.0783. The number of alkyl halides is 1. The summed E-state index contributed by atoms with van der Waals surface area (Å²) in [6, 6.07) is 1.32. The second-order valence-corrected chi connectivity index (χ2v) is 4.21. The van der Waals surface area contributed by atoms with Crippen molar-refractivity contribution in [3.05, 3.63) is 22.7 Å². The molecule has 2 rings (SSSR count). The Balaban J connectivity index is 2.32. The molecule has 2 heterocycles. The van der Waals surface area contributed by atoms with Crippen LogP contribution in [-0.2, 0) is 4.74 Å². The van der Waals surface area contributed by atoms with Crippen molar-refractivity contribution >= 4 is 5.82 Å². The van der Waals surface area contributed by atoms with Gasteiger partial charge in [-0.2, -0.15) is 4.98 Å². The number of hydrogen-bond acceptors (Lipinski definition) is 6. The van der Waals surface area contributed by atoms with Gasteiger partial charge in [0.25, 0.3) is 0 Å². The Kier molecular flexibility index (Phi) is 3.33. The van der Waals surface area contributed by atoms with Crippen molar-refractivity contribution in [2.75, 3.05) is 5.73 Å².